The molecule has 22 heavy (non-hydrogen) atoms. The summed E-state index contributed by atoms with van der Waals surface area (Å²) < 4.78 is 1.54. The van der Waals surface area contributed by atoms with Crippen molar-refractivity contribution < 1.29 is 4.79 Å². The molecule has 3 rings (SSSR count). The van der Waals surface area contributed by atoms with Gasteiger partial charge in [0.2, 0.25) is 0 Å². The van der Waals surface area contributed by atoms with Crippen molar-refractivity contribution in [2.75, 3.05) is 18.9 Å². The van der Waals surface area contributed by atoms with E-state index in [0.717, 1.165) is 30.4 Å². The molecule has 1 aromatic heterocycles. The van der Waals surface area contributed by atoms with Gasteiger partial charge in [0.1, 0.15) is 5.69 Å². The van der Waals surface area contributed by atoms with Crippen LogP contribution in [0.3, 0.4) is 0 Å². The lowest BCUT2D eigenvalue weighted by molar-refractivity contribution is 0.0720. The Labute approximate surface area is 131 Å². The van der Waals surface area contributed by atoms with E-state index >= 15 is 0 Å². The predicted octanol–water partition coefficient (Wildman–Crippen LogP) is 3.40. The SMILES string of the molecule is CCCN(CC1CCCC1)C(=O)c1cc2ccccc2n1N. The summed E-state index contributed by atoms with van der Waals surface area (Å²) in [5.74, 6) is 6.87. The average molecular weight is 299 g/mol. The molecule has 0 saturated heterocycles. The molecule has 0 atom stereocenters. The Morgan fingerprint density at radius 3 is 2.73 bits per heavy atom. The Morgan fingerprint density at radius 2 is 2.05 bits per heavy atom. The highest BCUT2D eigenvalue weighted by Crippen LogP contribution is 2.26. The zero-order valence-corrected chi connectivity index (χ0v) is 13.3. The Hall–Kier alpha value is -1.97. The standard InChI is InChI=1S/C18H25N3O/c1-2-11-20(13-14-7-3-4-8-14)18(22)17-12-15-9-5-6-10-16(15)21(17)19/h5-6,9-10,12,14H,2-4,7-8,11,13,19H2,1H3. The van der Waals surface area contributed by atoms with E-state index in [1.165, 1.54) is 30.4 Å². The van der Waals surface area contributed by atoms with Crippen LogP contribution in [0.25, 0.3) is 10.9 Å². The van der Waals surface area contributed by atoms with Crippen molar-refractivity contribution in [2.45, 2.75) is 39.0 Å². The first-order valence-corrected chi connectivity index (χ1v) is 8.35. The summed E-state index contributed by atoms with van der Waals surface area (Å²) >= 11 is 0. The third-order valence-electron chi connectivity index (χ3n) is 4.70. The normalized spacial score (nSPS) is 15.5. The van der Waals surface area contributed by atoms with E-state index in [1.807, 2.05) is 35.2 Å². The molecule has 1 aromatic carbocycles. The van der Waals surface area contributed by atoms with Crippen LogP contribution in [0.1, 0.15) is 49.5 Å². The minimum atomic E-state index is 0.0625. The molecule has 1 heterocycles. The molecule has 1 aliphatic carbocycles. The first-order chi connectivity index (χ1) is 10.7. The van der Waals surface area contributed by atoms with E-state index in [0.29, 0.717) is 11.6 Å². The molecule has 1 saturated carbocycles. The van der Waals surface area contributed by atoms with Gasteiger partial charge in [-0.1, -0.05) is 38.0 Å². The van der Waals surface area contributed by atoms with Crippen LogP contribution in [0, 0.1) is 5.92 Å². The van der Waals surface area contributed by atoms with E-state index in [-0.39, 0.29) is 5.91 Å². The Kier molecular flexibility index (Phi) is 4.36. The Morgan fingerprint density at radius 1 is 1.32 bits per heavy atom. The van der Waals surface area contributed by atoms with Crippen LogP contribution in [-0.2, 0) is 0 Å². The quantitative estimate of drug-likeness (QED) is 0.860. The molecule has 0 bridgehead atoms. The highest BCUT2D eigenvalue weighted by Gasteiger charge is 2.24. The number of aromatic nitrogens is 1. The number of benzene rings is 1. The van der Waals surface area contributed by atoms with Gasteiger partial charge in [-0.3, -0.25) is 9.47 Å². The molecule has 1 fully saturated rings. The van der Waals surface area contributed by atoms with Crippen molar-refractivity contribution >= 4 is 16.8 Å². The summed E-state index contributed by atoms with van der Waals surface area (Å²) in [5, 5.41) is 1.02. The second-order valence-corrected chi connectivity index (χ2v) is 6.36. The third kappa shape index (κ3) is 2.82. The van der Waals surface area contributed by atoms with Gasteiger partial charge < -0.3 is 10.7 Å². The van der Waals surface area contributed by atoms with Gasteiger partial charge in [-0.25, -0.2) is 0 Å². The van der Waals surface area contributed by atoms with Crippen LogP contribution in [0.2, 0.25) is 0 Å². The summed E-state index contributed by atoms with van der Waals surface area (Å²) in [7, 11) is 0. The molecular formula is C18H25N3O. The molecule has 118 valence electrons. The van der Waals surface area contributed by atoms with Gasteiger partial charge in [-0.05, 0) is 37.3 Å². The van der Waals surface area contributed by atoms with Crippen molar-refractivity contribution in [1.29, 1.82) is 0 Å². The Bertz CT molecular complexity index is 655. The molecule has 2 aromatic rings. The van der Waals surface area contributed by atoms with Gasteiger partial charge >= 0.3 is 0 Å². The fraction of sp³-hybridized carbons (Fsp3) is 0.500. The summed E-state index contributed by atoms with van der Waals surface area (Å²) in [6, 6.07) is 9.78. The van der Waals surface area contributed by atoms with E-state index in [4.69, 9.17) is 5.84 Å². The number of hydrogen-bond acceptors (Lipinski definition) is 2. The van der Waals surface area contributed by atoms with Crippen LogP contribution in [0.5, 0.6) is 0 Å². The monoisotopic (exact) mass is 299 g/mol. The maximum atomic E-state index is 12.9. The number of carbonyl (C=O) groups is 1. The zero-order valence-electron chi connectivity index (χ0n) is 13.3. The van der Waals surface area contributed by atoms with Gasteiger partial charge in [0.25, 0.3) is 5.91 Å². The molecular weight excluding hydrogens is 274 g/mol. The number of nitrogens with zero attached hydrogens (tertiary/aromatic N) is 2. The van der Waals surface area contributed by atoms with E-state index < -0.39 is 0 Å². The molecule has 4 nitrogen and oxygen atoms in total. The summed E-state index contributed by atoms with van der Waals surface area (Å²) in [5.41, 5.74) is 1.50. The third-order valence-corrected chi connectivity index (χ3v) is 4.70. The van der Waals surface area contributed by atoms with Gasteiger partial charge in [-0.15, -0.1) is 0 Å². The molecule has 4 heteroatoms. The van der Waals surface area contributed by atoms with E-state index in [9.17, 15) is 4.79 Å². The average Bonchev–Trinajstić information content (AvgIpc) is 3.15. The minimum Gasteiger partial charge on any atom is -0.338 e. The summed E-state index contributed by atoms with van der Waals surface area (Å²) in [6.45, 7) is 3.79. The maximum Gasteiger partial charge on any atom is 0.272 e. The van der Waals surface area contributed by atoms with Gasteiger partial charge in [-0.2, -0.15) is 0 Å². The predicted molar refractivity (Wildman–Crippen MR) is 90.2 cm³/mol. The topological polar surface area (TPSA) is 51.3 Å². The number of para-hydroxylation sites is 1. The molecule has 2 N–H and O–H groups in total. The molecule has 0 unspecified atom stereocenters. The molecule has 1 aliphatic rings. The molecule has 0 radical (unpaired) electrons. The number of carbonyl (C=O) groups excluding carboxylic acids is 1. The summed E-state index contributed by atoms with van der Waals surface area (Å²) in [4.78, 5) is 14.9. The first-order valence-electron chi connectivity index (χ1n) is 8.35. The fourth-order valence-corrected chi connectivity index (χ4v) is 3.55. The Balaban J connectivity index is 1.85. The lowest BCUT2D eigenvalue weighted by Crippen LogP contribution is -2.37. The van der Waals surface area contributed by atoms with Crippen LogP contribution >= 0.6 is 0 Å². The van der Waals surface area contributed by atoms with Gasteiger partial charge in [0.05, 0.1) is 5.52 Å². The highest BCUT2D eigenvalue weighted by molar-refractivity contribution is 5.98. The number of nitrogen functional groups attached to an aromatic ring is 1. The first kappa shape index (κ1) is 14.9. The lowest BCUT2D eigenvalue weighted by atomic mass is 10.1. The molecule has 0 aliphatic heterocycles. The zero-order chi connectivity index (χ0) is 15.5. The van der Waals surface area contributed by atoms with E-state index in [1.54, 1.807) is 0 Å². The van der Waals surface area contributed by atoms with Crippen molar-refractivity contribution in [1.82, 2.24) is 9.58 Å². The second kappa shape index (κ2) is 6.42. The highest BCUT2D eigenvalue weighted by atomic mass is 16.2. The van der Waals surface area contributed by atoms with Crippen LogP contribution < -0.4 is 5.84 Å². The van der Waals surface area contributed by atoms with Crippen molar-refractivity contribution in [3.05, 3.63) is 36.0 Å². The second-order valence-electron chi connectivity index (χ2n) is 6.36. The number of hydrogen-bond donors (Lipinski definition) is 1. The van der Waals surface area contributed by atoms with Crippen molar-refractivity contribution in [3.63, 3.8) is 0 Å². The molecule has 0 spiro atoms. The van der Waals surface area contributed by atoms with Crippen LogP contribution in [0.4, 0.5) is 0 Å². The lowest BCUT2D eigenvalue weighted by Gasteiger charge is -2.25. The van der Waals surface area contributed by atoms with Crippen molar-refractivity contribution in [3.8, 4) is 0 Å². The maximum absolute atomic E-state index is 12.9. The fourth-order valence-electron chi connectivity index (χ4n) is 3.55. The number of fused-ring (bicyclic) bond motifs is 1. The molecule has 1 amide bonds. The van der Waals surface area contributed by atoms with Gasteiger partial charge in [0.15, 0.2) is 0 Å². The number of rotatable bonds is 5. The van der Waals surface area contributed by atoms with Crippen LogP contribution in [-0.4, -0.2) is 28.6 Å². The smallest absolute Gasteiger partial charge is 0.272 e. The van der Waals surface area contributed by atoms with Gasteiger partial charge in [0, 0.05) is 18.5 Å². The van der Waals surface area contributed by atoms with E-state index in [2.05, 4.69) is 6.92 Å². The number of amides is 1. The minimum absolute atomic E-state index is 0.0625. The van der Waals surface area contributed by atoms with Crippen LogP contribution in [0.15, 0.2) is 30.3 Å². The number of nitrogens with two attached hydrogens (primary N) is 1. The largest absolute Gasteiger partial charge is 0.338 e. The van der Waals surface area contributed by atoms with Crippen molar-refractivity contribution in [2.24, 2.45) is 5.92 Å². The summed E-state index contributed by atoms with van der Waals surface area (Å²) in [6.07, 6.45) is 6.08.